The second kappa shape index (κ2) is 11.1. The fourth-order valence-electron chi connectivity index (χ4n) is 3.57. The van der Waals surface area contributed by atoms with Gasteiger partial charge in [-0.1, -0.05) is 66.2 Å². The van der Waals surface area contributed by atoms with Crippen molar-refractivity contribution in [2.24, 2.45) is 0 Å². The summed E-state index contributed by atoms with van der Waals surface area (Å²) >= 11 is 0. The summed E-state index contributed by atoms with van der Waals surface area (Å²) in [7, 11) is 0. The van der Waals surface area contributed by atoms with Gasteiger partial charge < -0.3 is 4.74 Å². The second-order valence-electron chi connectivity index (χ2n) is 8.11. The van der Waals surface area contributed by atoms with Crippen LogP contribution in [0.5, 0.6) is 5.75 Å². The van der Waals surface area contributed by atoms with Gasteiger partial charge in [0, 0.05) is 11.8 Å². The van der Waals surface area contributed by atoms with Crippen LogP contribution in [0.15, 0.2) is 83.7 Å². The van der Waals surface area contributed by atoms with Gasteiger partial charge in [0.25, 0.3) is 11.5 Å². The summed E-state index contributed by atoms with van der Waals surface area (Å²) < 4.78 is 6.88. The third-order valence-corrected chi connectivity index (χ3v) is 5.41. The number of amides is 2. The summed E-state index contributed by atoms with van der Waals surface area (Å²) in [6.45, 7) is 2.60. The number of ether oxygens (including phenoxy) is 1. The molecule has 0 radical (unpaired) electrons. The van der Waals surface area contributed by atoms with E-state index in [1.165, 1.54) is 4.68 Å². The largest absolute Gasteiger partial charge is 0.494 e. The summed E-state index contributed by atoms with van der Waals surface area (Å²) in [5.74, 6) is -0.215. The first-order valence-corrected chi connectivity index (χ1v) is 11.3. The van der Waals surface area contributed by atoms with Gasteiger partial charge in [0.1, 0.15) is 5.75 Å². The minimum atomic E-state index is -0.604. The first-order chi connectivity index (χ1) is 17.0. The van der Waals surface area contributed by atoms with E-state index in [4.69, 9.17) is 4.74 Å². The highest BCUT2D eigenvalue weighted by atomic mass is 16.5. The third-order valence-electron chi connectivity index (χ3n) is 5.41. The molecule has 0 saturated carbocycles. The SMILES string of the molecule is Cc1ccc(OCCCC(=O)NNC(=O)c2nn(Cc3ccccc3)c(=O)c3ccccc23)cc1. The van der Waals surface area contributed by atoms with Crippen LogP contribution < -0.4 is 21.1 Å². The minimum absolute atomic E-state index is 0.0548. The smallest absolute Gasteiger partial charge is 0.290 e. The second-order valence-corrected chi connectivity index (χ2v) is 8.11. The van der Waals surface area contributed by atoms with Gasteiger partial charge in [-0.15, -0.1) is 0 Å². The molecule has 0 unspecified atom stereocenters. The summed E-state index contributed by atoms with van der Waals surface area (Å²) in [6, 6.07) is 23.8. The molecule has 35 heavy (non-hydrogen) atoms. The fourth-order valence-corrected chi connectivity index (χ4v) is 3.57. The average Bonchev–Trinajstić information content (AvgIpc) is 2.88. The number of nitrogens with zero attached hydrogens (tertiary/aromatic N) is 2. The maximum Gasteiger partial charge on any atom is 0.290 e. The van der Waals surface area contributed by atoms with E-state index in [-0.39, 0.29) is 30.1 Å². The lowest BCUT2D eigenvalue weighted by molar-refractivity contribution is -0.122. The van der Waals surface area contributed by atoms with Gasteiger partial charge in [-0.3, -0.25) is 25.2 Å². The van der Waals surface area contributed by atoms with E-state index in [0.717, 1.165) is 16.9 Å². The van der Waals surface area contributed by atoms with Crippen molar-refractivity contribution in [3.05, 3.63) is 106 Å². The zero-order valence-electron chi connectivity index (χ0n) is 19.4. The van der Waals surface area contributed by atoms with Gasteiger partial charge in [0.2, 0.25) is 5.91 Å². The topological polar surface area (TPSA) is 102 Å². The number of hydrazine groups is 1. The molecule has 4 aromatic rings. The fraction of sp³-hybridized carbons (Fsp3) is 0.185. The molecule has 0 saturated heterocycles. The van der Waals surface area contributed by atoms with Gasteiger partial charge in [0.15, 0.2) is 5.69 Å². The molecular weight excluding hydrogens is 444 g/mol. The lowest BCUT2D eigenvalue weighted by atomic mass is 10.1. The zero-order chi connectivity index (χ0) is 24.6. The lowest BCUT2D eigenvalue weighted by Gasteiger charge is -2.12. The number of hydrogen-bond acceptors (Lipinski definition) is 5. The molecule has 8 heteroatoms. The number of aromatic nitrogens is 2. The highest BCUT2D eigenvalue weighted by Gasteiger charge is 2.17. The van der Waals surface area contributed by atoms with Gasteiger partial charge >= 0.3 is 0 Å². The Balaban J connectivity index is 1.38. The quantitative estimate of drug-likeness (QED) is 0.304. The minimum Gasteiger partial charge on any atom is -0.494 e. The van der Waals surface area contributed by atoms with E-state index >= 15 is 0 Å². The first kappa shape index (κ1) is 23.7. The summed E-state index contributed by atoms with van der Waals surface area (Å²) in [5.41, 5.74) is 6.61. The van der Waals surface area contributed by atoms with E-state index < -0.39 is 5.91 Å². The number of hydrogen-bond donors (Lipinski definition) is 2. The van der Waals surface area contributed by atoms with Crippen molar-refractivity contribution in [3.8, 4) is 5.75 Å². The van der Waals surface area contributed by atoms with Crippen LogP contribution in [0.3, 0.4) is 0 Å². The van der Waals surface area contributed by atoms with Crippen molar-refractivity contribution in [1.82, 2.24) is 20.6 Å². The molecule has 1 aromatic heterocycles. The molecule has 2 N–H and O–H groups in total. The Kier molecular flexibility index (Phi) is 7.52. The van der Waals surface area contributed by atoms with Crippen LogP contribution in [-0.4, -0.2) is 28.2 Å². The van der Waals surface area contributed by atoms with Crippen LogP contribution >= 0.6 is 0 Å². The summed E-state index contributed by atoms with van der Waals surface area (Å²) in [5, 5.41) is 5.10. The standard InChI is InChI=1S/C27H26N4O4/c1-19-13-15-21(16-14-19)35-17-7-12-24(32)28-29-26(33)25-22-10-5-6-11-23(22)27(34)31(30-25)18-20-8-3-2-4-9-20/h2-6,8-11,13-16H,7,12,17-18H2,1H3,(H,28,32)(H,29,33). The molecule has 4 rings (SSSR count). The molecule has 0 atom stereocenters. The van der Waals surface area contributed by atoms with Crippen LogP contribution in [0.25, 0.3) is 10.8 Å². The van der Waals surface area contributed by atoms with Crippen molar-refractivity contribution in [2.75, 3.05) is 6.61 Å². The van der Waals surface area contributed by atoms with Crippen molar-refractivity contribution in [2.45, 2.75) is 26.3 Å². The number of rotatable bonds is 8. The normalized spacial score (nSPS) is 10.7. The van der Waals surface area contributed by atoms with Crippen molar-refractivity contribution < 1.29 is 14.3 Å². The predicted octanol–water partition coefficient (Wildman–Crippen LogP) is 3.37. The summed E-state index contributed by atoms with van der Waals surface area (Å²) in [6.07, 6.45) is 0.659. The van der Waals surface area contributed by atoms with E-state index in [0.29, 0.717) is 23.8 Å². The van der Waals surface area contributed by atoms with Crippen LogP contribution in [0.4, 0.5) is 0 Å². The molecule has 0 spiro atoms. The van der Waals surface area contributed by atoms with Crippen LogP contribution in [0.2, 0.25) is 0 Å². The molecule has 3 aromatic carbocycles. The molecule has 0 aliphatic heterocycles. The molecular formula is C27H26N4O4. The molecule has 0 aliphatic carbocycles. The Labute approximate surface area is 202 Å². The number of benzene rings is 3. The lowest BCUT2D eigenvalue weighted by Crippen LogP contribution is -2.42. The Morgan fingerprint density at radius 3 is 2.31 bits per heavy atom. The number of fused-ring (bicyclic) bond motifs is 1. The van der Waals surface area contributed by atoms with Crippen molar-refractivity contribution in [3.63, 3.8) is 0 Å². The summed E-state index contributed by atoms with van der Waals surface area (Å²) in [4.78, 5) is 38.0. The van der Waals surface area contributed by atoms with E-state index in [2.05, 4.69) is 16.0 Å². The number of aryl methyl sites for hydroxylation is 1. The highest BCUT2D eigenvalue weighted by Crippen LogP contribution is 2.14. The monoisotopic (exact) mass is 470 g/mol. The zero-order valence-corrected chi connectivity index (χ0v) is 19.4. The van der Waals surface area contributed by atoms with Gasteiger partial charge in [-0.05, 0) is 37.1 Å². The maximum atomic E-state index is 12.9. The molecule has 178 valence electrons. The van der Waals surface area contributed by atoms with Crippen molar-refractivity contribution >= 4 is 22.6 Å². The van der Waals surface area contributed by atoms with Gasteiger partial charge in [-0.2, -0.15) is 5.10 Å². The highest BCUT2D eigenvalue weighted by molar-refractivity contribution is 6.05. The Bertz CT molecular complexity index is 1380. The first-order valence-electron chi connectivity index (χ1n) is 11.3. The number of nitrogens with one attached hydrogen (secondary N) is 2. The van der Waals surface area contributed by atoms with Crippen LogP contribution in [0.1, 0.15) is 34.5 Å². The Morgan fingerprint density at radius 2 is 1.57 bits per heavy atom. The van der Waals surface area contributed by atoms with E-state index in [1.54, 1.807) is 24.3 Å². The predicted molar refractivity (Wildman–Crippen MR) is 133 cm³/mol. The molecule has 2 amide bonds. The maximum absolute atomic E-state index is 12.9. The van der Waals surface area contributed by atoms with Gasteiger partial charge in [-0.25, -0.2) is 4.68 Å². The molecule has 0 fully saturated rings. The average molecular weight is 471 g/mol. The van der Waals surface area contributed by atoms with E-state index in [1.807, 2.05) is 61.5 Å². The number of carbonyl (C=O) groups is 2. The number of carbonyl (C=O) groups excluding carboxylic acids is 2. The van der Waals surface area contributed by atoms with Crippen molar-refractivity contribution in [1.29, 1.82) is 0 Å². The molecule has 1 heterocycles. The Hall–Kier alpha value is -4.46. The Morgan fingerprint density at radius 1 is 0.886 bits per heavy atom. The van der Waals surface area contributed by atoms with Gasteiger partial charge in [0.05, 0.1) is 18.5 Å². The molecule has 0 aliphatic rings. The van der Waals surface area contributed by atoms with Crippen LogP contribution in [-0.2, 0) is 11.3 Å². The molecule has 8 nitrogen and oxygen atoms in total. The van der Waals surface area contributed by atoms with Crippen LogP contribution in [0, 0.1) is 6.92 Å². The molecule has 0 bridgehead atoms. The van der Waals surface area contributed by atoms with E-state index in [9.17, 15) is 14.4 Å². The third kappa shape index (κ3) is 6.11.